The summed E-state index contributed by atoms with van der Waals surface area (Å²) < 4.78 is 6.54. The van der Waals surface area contributed by atoms with Gasteiger partial charge in [-0.3, -0.25) is 9.69 Å². The monoisotopic (exact) mass is 506 g/mol. The summed E-state index contributed by atoms with van der Waals surface area (Å²) in [6, 6.07) is 9.42. The summed E-state index contributed by atoms with van der Waals surface area (Å²) in [6.07, 6.45) is 2.37. The number of carbonyl (C=O) groups is 3. The minimum absolute atomic E-state index is 0.147. The van der Waals surface area contributed by atoms with E-state index in [1.165, 1.54) is 4.90 Å². The van der Waals surface area contributed by atoms with E-state index in [0.29, 0.717) is 36.3 Å². The van der Waals surface area contributed by atoms with Gasteiger partial charge in [-0.15, -0.1) is 0 Å². The number of aryl methyl sites for hydroxylation is 1. The zero-order chi connectivity index (χ0) is 26.9. The molecular weight excluding hydrogens is 476 g/mol. The molecule has 1 atom stereocenters. The number of carboxylic acids is 1. The summed E-state index contributed by atoms with van der Waals surface area (Å²) in [5.41, 5.74) is 1.05. The lowest BCUT2D eigenvalue weighted by Gasteiger charge is -2.28. The molecule has 11 nitrogen and oxygen atoms in total. The van der Waals surface area contributed by atoms with Gasteiger partial charge in [-0.1, -0.05) is 12.1 Å². The topological polar surface area (TPSA) is 153 Å². The number of ether oxygens (including phenoxy) is 1. The van der Waals surface area contributed by atoms with Crippen LogP contribution in [0.15, 0.2) is 42.6 Å². The van der Waals surface area contributed by atoms with Gasteiger partial charge >= 0.3 is 12.1 Å². The number of carbonyl (C=O) groups excluding carboxylic acids is 2. The Morgan fingerprint density at radius 1 is 1.16 bits per heavy atom. The Labute approximate surface area is 214 Å². The van der Waals surface area contributed by atoms with Gasteiger partial charge in [0.15, 0.2) is 11.5 Å². The van der Waals surface area contributed by atoms with Gasteiger partial charge in [0.1, 0.15) is 17.1 Å². The van der Waals surface area contributed by atoms with E-state index in [-0.39, 0.29) is 23.1 Å². The maximum Gasteiger partial charge on any atom is 0.410 e. The molecule has 0 spiro atoms. The number of aromatic nitrogens is 3. The number of hydrogen-bond donors (Lipinski definition) is 3. The number of amides is 2. The van der Waals surface area contributed by atoms with Crippen molar-refractivity contribution in [2.45, 2.75) is 52.2 Å². The van der Waals surface area contributed by atoms with E-state index >= 15 is 0 Å². The highest BCUT2D eigenvalue weighted by atomic mass is 16.6. The largest absolute Gasteiger partial charge is 0.476 e. The summed E-state index contributed by atoms with van der Waals surface area (Å²) in [6.45, 7) is 7.69. The highest BCUT2D eigenvalue weighted by Gasteiger charge is 2.37. The molecule has 2 amide bonds. The first-order valence-electron chi connectivity index (χ1n) is 11.9. The minimum atomic E-state index is -1.26. The van der Waals surface area contributed by atoms with Crippen LogP contribution in [0.4, 0.5) is 10.6 Å². The molecule has 11 heteroatoms. The van der Waals surface area contributed by atoms with Crippen LogP contribution in [-0.4, -0.2) is 54.8 Å². The van der Waals surface area contributed by atoms with Crippen LogP contribution in [0.5, 0.6) is 0 Å². The van der Waals surface area contributed by atoms with E-state index in [4.69, 9.17) is 10.6 Å². The summed E-state index contributed by atoms with van der Waals surface area (Å²) in [7, 11) is 0. The number of pyridine rings is 1. The molecule has 4 N–H and O–H groups in total. The van der Waals surface area contributed by atoms with Crippen LogP contribution in [0.3, 0.4) is 0 Å². The third-order valence-electron chi connectivity index (χ3n) is 5.90. The van der Waals surface area contributed by atoms with E-state index in [9.17, 15) is 19.5 Å². The highest BCUT2D eigenvalue weighted by molar-refractivity contribution is 6.04. The van der Waals surface area contributed by atoms with Crippen LogP contribution in [-0.2, 0) is 4.74 Å². The van der Waals surface area contributed by atoms with Crippen LogP contribution in [0.1, 0.15) is 71.9 Å². The first-order chi connectivity index (χ1) is 17.4. The predicted octanol–water partition coefficient (Wildman–Crippen LogP) is 3.99. The minimum Gasteiger partial charge on any atom is -0.476 e. The Morgan fingerprint density at radius 3 is 2.49 bits per heavy atom. The highest BCUT2D eigenvalue weighted by Crippen LogP contribution is 2.35. The Hall–Kier alpha value is -4.41. The predicted molar refractivity (Wildman–Crippen MR) is 137 cm³/mol. The van der Waals surface area contributed by atoms with E-state index in [0.717, 1.165) is 10.2 Å². The maximum atomic E-state index is 12.8. The molecule has 0 saturated carbocycles. The molecule has 2 aromatic heterocycles. The molecular formula is C26H30N6O5. The summed E-state index contributed by atoms with van der Waals surface area (Å²) >= 11 is 0. The van der Waals surface area contributed by atoms with Gasteiger partial charge in [0, 0.05) is 23.9 Å². The Kier molecular flexibility index (Phi) is 6.88. The maximum absolute atomic E-state index is 12.8. The molecule has 0 bridgehead atoms. The SMILES string of the molecule is Cc1ccnc(NC(=O)c2ccc(-c3nc([C@@H]4CCCN4C(=O)OC(C)(C)C)n(N)c3C(=O)O)cc2)c1. The number of nitrogen functional groups attached to an aromatic ring is 1. The number of carboxylic acid groups (broad SMARTS) is 1. The second-order valence-corrected chi connectivity index (χ2v) is 9.92. The van der Waals surface area contributed by atoms with Crippen LogP contribution in [0, 0.1) is 6.92 Å². The number of nitrogens with one attached hydrogen (secondary N) is 1. The van der Waals surface area contributed by atoms with Crippen molar-refractivity contribution in [3.8, 4) is 11.3 Å². The Morgan fingerprint density at radius 2 is 1.86 bits per heavy atom. The standard InChI is InChI=1S/C26H30N6O5/c1-15-11-12-28-19(14-15)29-23(33)17-9-7-16(8-10-17)20-21(24(34)35)32(27)22(30-20)18-6-5-13-31(18)25(36)37-26(2,3)4/h7-12,14,18H,5-6,13,27H2,1-4H3,(H,34,35)(H,28,29,33)/t18-/m0/s1. The van der Waals surface area contributed by atoms with E-state index < -0.39 is 23.7 Å². The van der Waals surface area contributed by atoms with Crippen molar-refractivity contribution in [1.29, 1.82) is 0 Å². The van der Waals surface area contributed by atoms with E-state index in [1.807, 2.05) is 13.0 Å². The van der Waals surface area contributed by atoms with Crippen LogP contribution < -0.4 is 11.2 Å². The van der Waals surface area contributed by atoms with Crippen molar-refractivity contribution in [2.75, 3.05) is 17.7 Å². The van der Waals surface area contributed by atoms with Crippen molar-refractivity contribution < 1.29 is 24.2 Å². The van der Waals surface area contributed by atoms with Gasteiger partial charge in [-0.25, -0.2) is 24.2 Å². The molecule has 3 aromatic rings. The van der Waals surface area contributed by atoms with Crippen LogP contribution in [0.2, 0.25) is 0 Å². The van der Waals surface area contributed by atoms with Gasteiger partial charge in [-0.05, 0) is 70.4 Å². The molecule has 194 valence electrons. The normalized spacial score (nSPS) is 15.5. The average Bonchev–Trinajstić information content (AvgIpc) is 3.42. The van der Waals surface area contributed by atoms with Crippen LogP contribution >= 0.6 is 0 Å². The van der Waals surface area contributed by atoms with Gasteiger partial charge in [0.2, 0.25) is 0 Å². The smallest absolute Gasteiger partial charge is 0.410 e. The molecule has 0 aliphatic carbocycles. The number of imidazole rings is 1. The zero-order valence-corrected chi connectivity index (χ0v) is 21.2. The van der Waals surface area contributed by atoms with Crippen molar-refractivity contribution in [3.63, 3.8) is 0 Å². The van der Waals surface area contributed by atoms with Crippen molar-refractivity contribution >= 4 is 23.8 Å². The van der Waals surface area contributed by atoms with Crippen molar-refractivity contribution in [1.82, 2.24) is 19.5 Å². The molecule has 1 saturated heterocycles. The number of likely N-dealkylation sites (tertiary alicyclic amines) is 1. The lowest BCUT2D eigenvalue weighted by atomic mass is 10.1. The number of hydrogen-bond acceptors (Lipinski definition) is 7. The van der Waals surface area contributed by atoms with Gasteiger partial charge in [0.25, 0.3) is 5.91 Å². The number of nitrogens with zero attached hydrogens (tertiary/aromatic N) is 4. The lowest BCUT2D eigenvalue weighted by Crippen LogP contribution is -2.37. The summed E-state index contributed by atoms with van der Waals surface area (Å²) in [5.74, 6) is 5.28. The van der Waals surface area contributed by atoms with Gasteiger partial charge in [-0.2, -0.15) is 0 Å². The fourth-order valence-electron chi connectivity index (χ4n) is 4.24. The number of nitrogens with two attached hydrogens (primary N) is 1. The molecule has 4 rings (SSSR count). The third kappa shape index (κ3) is 5.55. The molecule has 1 aliphatic heterocycles. The molecule has 37 heavy (non-hydrogen) atoms. The number of anilines is 1. The Bertz CT molecular complexity index is 1340. The molecule has 0 unspecified atom stereocenters. The quantitative estimate of drug-likeness (QED) is 0.439. The second kappa shape index (κ2) is 9.92. The number of aromatic carboxylic acids is 1. The van der Waals surface area contributed by atoms with E-state index in [1.54, 1.807) is 57.3 Å². The summed E-state index contributed by atoms with van der Waals surface area (Å²) in [4.78, 5) is 47.8. The summed E-state index contributed by atoms with van der Waals surface area (Å²) in [5, 5.41) is 12.6. The molecule has 1 aliphatic rings. The second-order valence-electron chi connectivity index (χ2n) is 9.92. The lowest BCUT2D eigenvalue weighted by molar-refractivity contribution is 0.0217. The van der Waals surface area contributed by atoms with Gasteiger partial charge in [0.05, 0.1) is 6.04 Å². The van der Waals surface area contributed by atoms with Crippen molar-refractivity contribution in [2.24, 2.45) is 0 Å². The number of benzene rings is 1. The molecule has 0 radical (unpaired) electrons. The average molecular weight is 507 g/mol. The molecule has 3 heterocycles. The third-order valence-corrected chi connectivity index (χ3v) is 5.90. The van der Waals surface area contributed by atoms with Crippen molar-refractivity contribution in [3.05, 3.63) is 65.2 Å². The zero-order valence-electron chi connectivity index (χ0n) is 21.2. The van der Waals surface area contributed by atoms with Gasteiger partial charge < -0.3 is 21.0 Å². The fourth-order valence-corrected chi connectivity index (χ4v) is 4.24. The molecule has 1 aromatic carbocycles. The van der Waals surface area contributed by atoms with Crippen LogP contribution in [0.25, 0.3) is 11.3 Å². The Balaban J connectivity index is 1.62. The first kappa shape index (κ1) is 25.7. The first-order valence-corrected chi connectivity index (χ1v) is 11.9. The molecule has 1 fully saturated rings. The fraction of sp³-hybridized carbons (Fsp3) is 0.346. The number of rotatable bonds is 5. The van der Waals surface area contributed by atoms with E-state index in [2.05, 4.69) is 15.3 Å².